The van der Waals surface area contributed by atoms with Crippen molar-refractivity contribution in [2.24, 2.45) is 7.05 Å². The molecule has 2 heterocycles. The second-order valence-electron chi connectivity index (χ2n) is 7.42. The molecule has 4 rings (SSSR count). The van der Waals surface area contributed by atoms with E-state index in [4.69, 9.17) is 4.74 Å². The SMILES string of the molecule is COc1ccc(C#Cc2ncnc3c2cc(C(=O)Nc2ccc(N(C)C)cc2)n3C)cc1. The zero-order chi connectivity index (χ0) is 22.7. The molecule has 0 saturated carbocycles. The van der Waals surface area contributed by atoms with E-state index < -0.39 is 0 Å². The molecule has 0 aliphatic heterocycles. The third kappa shape index (κ3) is 4.25. The van der Waals surface area contributed by atoms with Crippen LogP contribution in [0.3, 0.4) is 0 Å². The van der Waals surface area contributed by atoms with Gasteiger partial charge in [0.05, 0.1) is 12.5 Å². The van der Waals surface area contributed by atoms with Crippen LogP contribution >= 0.6 is 0 Å². The molecule has 160 valence electrons. The highest BCUT2D eigenvalue weighted by Gasteiger charge is 2.16. The van der Waals surface area contributed by atoms with Crippen molar-refractivity contribution in [2.45, 2.75) is 0 Å². The summed E-state index contributed by atoms with van der Waals surface area (Å²) in [7, 11) is 7.37. The Morgan fingerprint density at radius 3 is 2.41 bits per heavy atom. The van der Waals surface area contributed by atoms with Crippen LogP contribution in [0, 0.1) is 11.8 Å². The first-order valence-corrected chi connectivity index (χ1v) is 10.0. The van der Waals surface area contributed by atoms with Gasteiger partial charge in [-0.25, -0.2) is 9.97 Å². The molecule has 0 unspecified atom stereocenters. The van der Waals surface area contributed by atoms with Crippen molar-refractivity contribution in [3.05, 3.63) is 77.9 Å². The fourth-order valence-electron chi connectivity index (χ4n) is 3.30. The Morgan fingerprint density at radius 2 is 1.75 bits per heavy atom. The number of amides is 1. The smallest absolute Gasteiger partial charge is 0.272 e. The van der Waals surface area contributed by atoms with E-state index in [1.807, 2.05) is 67.5 Å². The van der Waals surface area contributed by atoms with Crippen LogP contribution in [0.4, 0.5) is 11.4 Å². The molecule has 4 aromatic rings. The van der Waals surface area contributed by atoms with Gasteiger partial charge in [-0.05, 0) is 60.5 Å². The Bertz CT molecular complexity index is 1330. The highest BCUT2D eigenvalue weighted by atomic mass is 16.5. The number of benzene rings is 2. The minimum absolute atomic E-state index is 0.225. The molecular weight excluding hydrogens is 402 g/mol. The molecule has 0 aliphatic rings. The topological polar surface area (TPSA) is 72.3 Å². The first kappa shape index (κ1) is 20.9. The number of aromatic nitrogens is 3. The van der Waals surface area contributed by atoms with E-state index in [0.717, 1.165) is 28.1 Å². The Balaban J connectivity index is 1.62. The number of carbonyl (C=O) groups is 1. The average molecular weight is 425 g/mol. The number of nitrogens with zero attached hydrogens (tertiary/aromatic N) is 4. The maximum absolute atomic E-state index is 12.9. The highest BCUT2D eigenvalue weighted by Crippen LogP contribution is 2.21. The molecule has 32 heavy (non-hydrogen) atoms. The summed E-state index contributed by atoms with van der Waals surface area (Å²) in [4.78, 5) is 23.6. The van der Waals surface area contributed by atoms with E-state index in [2.05, 4.69) is 27.1 Å². The summed E-state index contributed by atoms with van der Waals surface area (Å²) in [5, 5.41) is 3.67. The van der Waals surface area contributed by atoms with Crippen molar-refractivity contribution < 1.29 is 9.53 Å². The number of rotatable bonds is 4. The highest BCUT2D eigenvalue weighted by molar-refractivity contribution is 6.06. The normalized spacial score (nSPS) is 10.4. The van der Waals surface area contributed by atoms with Crippen molar-refractivity contribution in [1.82, 2.24) is 14.5 Å². The Labute approximate surface area is 186 Å². The largest absolute Gasteiger partial charge is 0.497 e. The van der Waals surface area contributed by atoms with Gasteiger partial charge in [-0.15, -0.1) is 0 Å². The van der Waals surface area contributed by atoms with Crippen LogP contribution in [-0.4, -0.2) is 41.6 Å². The third-order valence-corrected chi connectivity index (χ3v) is 5.11. The summed E-state index contributed by atoms with van der Waals surface area (Å²) < 4.78 is 6.92. The first-order chi connectivity index (χ1) is 15.5. The van der Waals surface area contributed by atoms with Gasteiger partial charge in [0.1, 0.15) is 29.1 Å². The lowest BCUT2D eigenvalue weighted by Crippen LogP contribution is -2.16. The maximum Gasteiger partial charge on any atom is 0.272 e. The van der Waals surface area contributed by atoms with Gasteiger partial charge >= 0.3 is 0 Å². The fraction of sp³-hybridized carbons (Fsp3) is 0.160. The lowest BCUT2D eigenvalue weighted by Gasteiger charge is -2.13. The zero-order valence-electron chi connectivity index (χ0n) is 18.4. The molecule has 0 atom stereocenters. The standard InChI is InChI=1S/C25H23N5O2/c1-29(2)19-10-8-18(9-11-19)28-25(31)23-15-21-22(26-16-27-24(21)30(23)3)14-7-17-5-12-20(32-4)13-6-17/h5-6,8-13,15-16H,1-4H3,(H,28,31). The lowest BCUT2D eigenvalue weighted by molar-refractivity contribution is 0.101. The predicted molar refractivity (Wildman–Crippen MR) is 126 cm³/mol. The molecule has 0 bridgehead atoms. The molecule has 0 saturated heterocycles. The number of carbonyl (C=O) groups excluding carboxylic acids is 1. The number of ether oxygens (including phenoxy) is 1. The van der Waals surface area contributed by atoms with E-state index >= 15 is 0 Å². The number of methoxy groups -OCH3 is 1. The van der Waals surface area contributed by atoms with E-state index in [1.54, 1.807) is 24.8 Å². The summed E-state index contributed by atoms with van der Waals surface area (Å²) in [5.74, 6) is 6.75. The van der Waals surface area contributed by atoms with Crippen LogP contribution in [0.15, 0.2) is 60.9 Å². The van der Waals surface area contributed by atoms with Crippen molar-refractivity contribution >= 4 is 28.3 Å². The fourth-order valence-corrected chi connectivity index (χ4v) is 3.30. The molecular formula is C25H23N5O2. The van der Waals surface area contributed by atoms with Crippen LogP contribution in [0.5, 0.6) is 5.75 Å². The lowest BCUT2D eigenvalue weighted by atomic mass is 10.2. The number of anilines is 2. The van der Waals surface area contributed by atoms with Gasteiger partial charge in [0, 0.05) is 38.1 Å². The predicted octanol–water partition coefficient (Wildman–Crippen LogP) is 3.70. The van der Waals surface area contributed by atoms with E-state index in [-0.39, 0.29) is 5.91 Å². The number of fused-ring (bicyclic) bond motifs is 1. The molecule has 0 aliphatic carbocycles. The maximum atomic E-state index is 12.9. The van der Waals surface area contributed by atoms with E-state index in [0.29, 0.717) is 17.0 Å². The summed E-state index contributed by atoms with van der Waals surface area (Å²) in [6, 6.07) is 16.9. The van der Waals surface area contributed by atoms with E-state index in [9.17, 15) is 4.79 Å². The zero-order valence-corrected chi connectivity index (χ0v) is 18.4. The van der Waals surface area contributed by atoms with Crippen molar-refractivity contribution in [1.29, 1.82) is 0 Å². The summed E-state index contributed by atoms with van der Waals surface area (Å²) in [6.45, 7) is 0. The van der Waals surface area contributed by atoms with Crippen molar-refractivity contribution in [3.63, 3.8) is 0 Å². The van der Waals surface area contributed by atoms with Gasteiger partial charge in [-0.2, -0.15) is 0 Å². The van der Waals surface area contributed by atoms with Crippen LogP contribution in [0.2, 0.25) is 0 Å². The average Bonchev–Trinajstić information content (AvgIpc) is 3.15. The van der Waals surface area contributed by atoms with Crippen LogP contribution in [0.1, 0.15) is 21.7 Å². The Morgan fingerprint density at radius 1 is 1.03 bits per heavy atom. The van der Waals surface area contributed by atoms with Gasteiger partial charge in [-0.3, -0.25) is 4.79 Å². The number of hydrogen-bond acceptors (Lipinski definition) is 5. The molecule has 7 nitrogen and oxygen atoms in total. The molecule has 0 radical (unpaired) electrons. The molecule has 0 spiro atoms. The van der Waals surface area contributed by atoms with Gasteiger partial charge in [0.25, 0.3) is 5.91 Å². The second kappa shape index (κ2) is 8.82. The van der Waals surface area contributed by atoms with Crippen molar-refractivity contribution in [3.8, 4) is 17.6 Å². The van der Waals surface area contributed by atoms with Gasteiger partial charge in [0.2, 0.25) is 0 Å². The summed E-state index contributed by atoms with van der Waals surface area (Å²) in [6.07, 6.45) is 1.46. The van der Waals surface area contributed by atoms with E-state index in [1.165, 1.54) is 6.33 Å². The number of hydrogen-bond donors (Lipinski definition) is 1. The molecule has 1 amide bonds. The Hall–Kier alpha value is -4.31. The van der Waals surface area contributed by atoms with Crippen LogP contribution in [0.25, 0.3) is 11.0 Å². The molecule has 0 fully saturated rings. The number of aryl methyl sites for hydroxylation is 1. The van der Waals surface area contributed by atoms with Gasteiger partial charge in [0.15, 0.2) is 0 Å². The molecule has 7 heteroatoms. The minimum atomic E-state index is -0.225. The molecule has 2 aromatic carbocycles. The number of nitrogens with one attached hydrogen (secondary N) is 1. The summed E-state index contributed by atoms with van der Waals surface area (Å²) >= 11 is 0. The van der Waals surface area contributed by atoms with Crippen LogP contribution in [-0.2, 0) is 7.05 Å². The molecule has 1 N–H and O–H groups in total. The Kier molecular flexibility index (Phi) is 5.77. The monoisotopic (exact) mass is 425 g/mol. The summed E-state index contributed by atoms with van der Waals surface area (Å²) in [5.41, 5.74) is 4.31. The molecule has 2 aromatic heterocycles. The van der Waals surface area contributed by atoms with Crippen molar-refractivity contribution in [2.75, 3.05) is 31.4 Å². The minimum Gasteiger partial charge on any atom is -0.497 e. The van der Waals surface area contributed by atoms with Crippen LogP contribution < -0.4 is 15.0 Å². The van der Waals surface area contributed by atoms with Gasteiger partial charge in [-0.1, -0.05) is 5.92 Å². The first-order valence-electron chi connectivity index (χ1n) is 10.0. The second-order valence-corrected chi connectivity index (χ2v) is 7.42. The third-order valence-electron chi connectivity index (χ3n) is 5.11. The quantitative estimate of drug-likeness (QED) is 0.505. The van der Waals surface area contributed by atoms with Gasteiger partial charge < -0.3 is 19.5 Å².